The van der Waals surface area contributed by atoms with E-state index in [-0.39, 0.29) is 28.1 Å². The molecule has 0 radical (unpaired) electrons. The predicted octanol–water partition coefficient (Wildman–Crippen LogP) is 3.04. The van der Waals surface area contributed by atoms with E-state index in [0.717, 1.165) is 0 Å². The number of hydrogen-bond acceptors (Lipinski definition) is 4. The molecule has 2 aliphatic rings. The molecular weight excluding hydrogens is 302 g/mol. The minimum atomic E-state index is -0.324. The number of allylic oxidation sites excluding steroid dienone is 6. The van der Waals surface area contributed by atoms with Gasteiger partial charge >= 0.3 is 0 Å². The van der Waals surface area contributed by atoms with Crippen LogP contribution in [-0.4, -0.2) is 23.1 Å². The van der Waals surface area contributed by atoms with Gasteiger partial charge in [0.1, 0.15) is 5.70 Å². The maximum absolute atomic E-state index is 12.4. The zero-order valence-electron chi connectivity index (χ0n) is 11.6. The average Bonchev–Trinajstić information content (AvgIpc) is 2.50. The lowest BCUT2D eigenvalue weighted by atomic mass is 9.93. The summed E-state index contributed by atoms with van der Waals surface area (Å²) in [6, 6.07) is 6.60. The molecule has 0 amide bonds. The third-order valence-electron chi connectivity index (χ3n) is 3.40. The van der Waals surface area contributed by atoms with Crippen LogP contribution in [0.4, 0.5) is 0 Å². The van der Waals surface area contributed by atoms with Crippen LogP contribution in [0.3, 0.4) is 0 Å². The number of carbonyl (C=O) groups is 3. The number of halogens is 1. The number of aliphatic imine (C=N–C) groups is 1. The van der Waals surface area contributed by atoms with Gasteiger partial charge < -0.3 is 0 Å². The molecule has 1 aromatic rings. The molecule has 4 nitrogen and oxygen atoms in total. The second-order valence-corrected chi connectivity index (χ2v) is 5.36. The number of benzene rings is 1. The molecule has 0 saturated carbocycles. The quantitative estimate of drug-likeness (QED) is 0.749. The SMILES string of the molecule is CC1=CC(=NC2=CC(=O)c3ccccc3C2=O)C=C(Cl)C1=O. The minimum absolute atomic E-state index is 0.0364. The van der Waals surface area contributed by atoms with Gasteiger partial charge in [0.2, 0.25) is 5.78 Å². The largest absolute Gasteiger partial charge is 0.289 e. The van der Waals surface area contributed by atoms with Crippen molar-refractivity contribution in [3.05, 3.63) is 69.9 Å². The van der Waals surface area contributed by atoms with Crippen LogP contribution >= 0.6 is 11.6 Å². The Bertz CT molecular complexity index is 832. The molecule has 0 bridgehead atoms. The molecule has 0 N–H and O–H groups in total. The Morgan fingerprint density at radius 2 is 1.59 bits per heavy atom. The zero-order valence-corrected chi connectivity index (χ0v) is 12.3. The van der Waals surface area contributed by atoms with E-state index in [1.165, 1.54) is 18.2 Å². The predicted molar refractivity (Wildman–Crippen MR) is 83.3 cm³/mol. The van der Waals surface area contributed by atoms with Crippen LogP contribution in [0, 0.1) is 0 Å². The summed E-state index contributed by atoms with van der Waals surface area (Å²) in [5.41, 5.74) is 1.54. The van der Waals surface area contributed by atoms with Crippen LogP contribution in [0.2, 0.25) is 0 Å². The van der Waals surface area contributed by atoms with Crippen LogP contribution in [0.25, 0.3) is 0 Å². The number of rotatable bonds is 1. The van der Waals surface area contributed by atoms with Crippen molar-refractivity contribution < 1.29 is 14.4 Å². The number of hydrogen-bond donors (Lipinski definition) is 0. The number of nitrogens with zero attached hydrogens (tertiary/aromatic N) is 1. The van der Waals surface area contributed by atoms with Crippen molar-refractivity contribution in [2.75, 3.05) is 0 Å². The van der Waals surface area contributed by atoms with Crippen molar-refractivity contribution in [1.82, 2.24) is 0 Å². The summed E-state index contributed by atoms with van der Waals surface area (Å²) in [5, 5.41) is 0.0364. The van der Waals surface area contributed by atoms with Crippen LogP contribution in [0.5, 0.6) is 0 Å². The second kappa shape index (κ2) is 5.31. The fraction of sp³-hybridized carbons (Fsp3) is 0.0588. The molecule has 0 aliphatic heterocycles. The molecule has 0 fully saturated rings. The van der Waals surface area contributed by atoms with Crippen LogP contribution in [0.1, 0.15) is 27.6 Å². The summed E-state index contributed by atoms with van der Waals surface area (Å²) in [7, 11) is 0. The fourth-order valence-electron chi connectivity index (χ4n) is 2.30. The highest BCUT2D eigenvalue weighted by Gasteiger charge is 2.25. The lowest BCUT2D eigenvalue weighted by molar-refractivity contribution is -0.111. The van der Waals surface area contributed by atoms with Gasteiger partial charge in [-0.05, 0) is 19.1 Å². The lowest BCUT2D eigenvalue weighted by Gasteiger charge is -2.13. The van der Waals surface area contributed by atoms with Crippen molar-refractivity contribution in [2.45, 2.75) is 6.92 Å². The summed E-state index contributed by atoms with van der Waals surface area (Å²) < 4.78 is 0. The Hall–Kier alpha value is -2.59. The summed E-state index contributed by atoms with van der Waals surface area (Å²) in [6.07, 6.45) is 4.13. The first-order valence-corrected chi connectivity index (χ1v) is 6.94. The molecule has 0 spiro atoms. The molecule has 0 unspecified atom stereocenters. The van der Waals surface area contributed by atoms with E-state index in [0.29, 0.717) is 22.4 Å². The molecule has 1 aromatic carbocycles. The molecule has 0 saturated heterocycles. The Balaban J connectivity index is 2.05. The molecular formula is C17H10ClNO3. The molecule has 0 heterocycles. The normalized spacial score (nSPS) is 19.6. The van der Waals surface area contributed by atoms with Crippen molar-refractivity contribution in [1.29, 1.82) is 0 Å². The highest BCUT2D eigenvalue weighted by molar-refractivity contribution is 6.48. The molecule has 0 aromatic heterocycles. The average molecular weight is 312 g/mol. The van der Waals surface area contributed by atoms with Crippen molar-refractivity contribution in [3.63, 3.8) is 0 Å². The van der Waals surface area contributed by atoms with E-state index >= 15 is 0 Å². The Morgan fingerprint density at radius 1 is 0.909 bits per heavy atom. The molecule has 0 atom stereocenters. The van der Waals surface area contributed by atoms with Crippen LogP contribution in [0.15, 0.2) is 63.8 Å². The summed E-state index contributed by atoms with van der Waals surface area (Å²) >= 11 is 5.84. The van der Waals surface area contributed by atoms with Gasteiger partial charge in [-0.3, -0.25) is 14.4 Å². The number of carbonyl (C=O) groups excluding carboxylic acids is 3. The Labute approximate surface area is 131 Å². The van der Waals surface area contributed by atoms with E-state index in [9.17, 15) is 14.4 Å². The fourth-order valence-corrected chi connectivity index (χ4v) is 2.56. The van der Waals surface area contributed by atoms with Crippen molar-refractivity contribution >= 4 is 34.7 Å². The maximum Gasteiger partial charge on any atom is 0.212 e. The van der Waals surface area contributed by atoms with E-state index < -0.39 is 0 Å². The van der Waals surface area contributed by atoms with E-state index in [4.69, 9.17) is 11.6 Å². The van der Waals surface area contributed by atoms with Gasteiger partial charge in [-0.25, -0.2) is 4.99 Å². The number of ketones is 3. The summed E-state index contributed by atoms with van der Waals surface area (Å²) in [6.45, 7) is 1.62. The van der Waals surface area contributed by atoms with E-state index in [1.54, 1.807) is 31.2 Å². The third-order valence-corrected chi connectivity index (χ3v) is 3.68. The standard InChI is InChI=1S/C17H10ClNO3/c1-9-6-10(7-13(18)16(9)21)19-14-8-15(20)11-4-2-3-5-12(11)17(14)22/h2-8H,1H3. The van der Waals surface area contributed by atoms with Gasteiger partial charge in [0.25, 0.3) is 0 Å². The lowest BCUT2D eigenvalue weighted by Crippen LogP contribution is -2.17. The minimum Gasteiger partial charge on any atom is -0.289 e. The maximum atomic E-state index is 12.4. The van der Waals surface area contributed by atoms with Crippen LogP contribution in [-0.2, 0) is 4.79 Å². The van der Waals surface area contributed by atoms with Gasteiger partial charge in [0.05, 0.1) is 10.7 Å². The first-order chi connectivity index (χ1) is 10.5. The van der Waals surface area contributed by atoms with Crippen molar-refractivity contribution in [2.24, 2.45) is 4.99 Å². The smallest absolute Gasteiger partial charge is 0.212 e. The van der Waals surface area contributed by atoms with Gasteiger partial charge in [0.15, 0.2) is 11.6 Å². The molecule has 5 heteroatoms. The molecule has 108 valence electrons. The van der Waals surface area contributed by atoms with Gasteiger partial charge in [-0.2, -0.15) is 0 Å². The van der Waals surface area contributed by atoms with Gasteiger partial charge in [-0.1, -0.05) is 35.9 Å². The van der Waals surface area contributed by atoms with Gasteiger partial charge in [-0.15, -0.1) is 0 Å². The number of Topliss-reactive ketones (excluding diaryl/α,β-unsaturated/α-hetero) is 2. The first-order valence-electron chi connectivity index (χ1n) is 6.56. The topological polar surface area (TPSA) is 63.6 Å². The van der Waals surface area contributed by atoms with Gasteiger partial charge in [0, 0.05) is 22.8 Å². The van der Waals surface area contributed by atoms with Crippen LogP contribution < -0.4 is 0 Å². The highest BCUT2D eigenvalue weighted by Crippen LogP contribution is 2.23. The van der Waals surface area contributed by atoms with E-state index in [1.807, 2.05) is 0 Å². The first kappa shape index (κ1) is 14.4. The number of fused-ring (bicyclic) bond motifs is 1. The monoisotopic (exact) mass is 311 g/mol. The van der Waals surface area contributed by atoms with E-state index in [2.05, 4.69) is 4.99 Å². The third kappa shape index (κ3) is 2.38. The zero-order chi connectivity index (χ0) is 15.9. The molecule has 3 rings (SSSR count). The second-order valence-electron chi connectivity index (χ2n) is 4.95. The van der Waals surface area contributed by atoms with Crippen molar-refractivity contribution in [3.8, 4) is 0 Å². The summed E-state index contributed by atoms with van der Waals surface area (Å²) in [5.74, 6) is -0.863. The Morgan fingerprint density at radius 3 is 2.27 bits per heavy atom. The molecule has 2 aliphatic carbocycles. The Kier molecular flexibility index (Phi) is 3.47. The summed E-state index contributed by atoms with van der Waals surface area (Å²) in [4.78, 5) is 40.2. The molecule has 22 heavy (non-hydrogen) atoms. The highest BCUT2D eigenvalue weighted by atomic mass is 35.5.